The Labute approximate surface area is 82.8 Å². The SMILES string of the molecule is CCC(=O)P(=O)([O-])[O-].[Ca+2]. The second-order valence-electron chi connectivity index (χ2n) is 1.24. The van der Waals surface area contributed by atoms with E-state index in [1.807, 2.05) is 0 Å². The standard InChI is InChI=1S/C3H7O4P.Ca/c1-2-3(4)8(5,6)7;/h2H2,1H3,(H2,5,6,7);/q;+2/p-2. The molecule has 0 aliphatic heterocycles. The molecule has 0 unspecified atom stereocenters. The fraction of sp³-hybridized carbons (Fsp3) is 0.667. The van der Waals surface area contributed by atoms with Crippen LogP contribution in [0.25, 0.3) is 0 Å². The summed E-state index contributed by atoms with van der Waals surface area (Å²) in [6.45, 7) is 1.32. The molecule has 0 fully saturated rings. The fourth-order valence-corrected chi connectivity index (χ4v) is 0.581. The number of carbonyl (C=O) groups is 1. The van der Waals surface area contributed by atoms with Crippen molar-refractivity contribution in [3.05, 3.63) is 0 Å². The number of carbonyl (C=O) groups excluding carboxylic acids is 1. The van der Waals surface area contributed by atoms with E-state index in [0.717, 1.165) is 0 Å². The predicted octanol–water partition coefficient (Wildman–Crippen LogP) is -1.54. The van der Waals surface area contributed by atoms with Gasteiger partial charge in [0.1, 0.15) is 0 Å². The first-order chi connectivity index (χ1) is 3.48. The van der Waals surface area contributed by atoms with Gasteiger partial charge in [-0.05, 0) is 0 Å². The predicted molar refractivity (Wildman–Crippen MR) is 28.7 cm³/mol. The molecule has 0 amide bonds. The van der Waals surface area contributed by atoms with Crippen molar-refractivity contribution in [3.8, 4) is 0 Å². The van der Waals surface area contributed by atoms with Gasteiger partial charge >= 0.3 is 37.7 Å². The summed E-state index contributed by atoms with van der Waals surface area (Å²) in [6.07, 6.45) is -0.232. The minimum Gasteiger partial charge on any atom is -0.805 e. The summed E-state index contributed by atoms with van der Waals surface area (Å²) in [5.41, 5.74) is -1.22. The van der Waals surface area contributed by atoms with Crippen LogP contribution in [0.15, 0.2) is 0 Å². The molecule has 0 spiro atoms. The molecule has 0 aliphatic carbocycles. The first-order valence-electron chi connectivity index (χ1n) is 2.04. The Morgan fingerprint density at radius 2 is 1.89 bits per heavy atom. The third-order valence-electron chi connectivity index (χ3n) is 0.608. The quantitative estimate of drug-likeness (QED) is 0.377. The van der Waals surface area contributed by atoms with E-state index in [2.05, 4.69) is 0 Å². The molecule has 0 aliphatic rings. The van der Waals surface area contributed by atoms with Gasteiger partial charge in [0, 0.05) is 14.0 Å². The molecule has 0 bridgehead atoms. The van der Waals surface area contributed by atoms with Crippen molar-refractivity contribution >= 4 is 50.9 Å². The van der Waals surface area contributed by atoms with Crippen molar-refractivity contribution < 1.29 is 19.1 Å². The summed E-state index contributed by atoms with van der Waals surface area (Å²) in [5.74, 6) is 0. The average molecular weight is 176 g/mol. The largest absolute Gasteiger partial charge is 2.00 e. The summed E-state index contributed by atoms with van der Waals surface area (Å²) >= 11 is 0. The molecule has 0 aromatic rings. The van der Waals surface area contributed by atoms with Crippen LogP contribution in [0.3, 0.4) is 0 Å². The summed E-state index contributed by atoms with van der Waals surface area (Å²) in [7, 11) is -4.90. The van der Waals surface area contributed by atoms with Gasteiger partial charge in [-0.1, -0.05) is 6.92 Å². The number of rotatable bonds is 2. The van der Waals surface area contributed by atoms with Gasteiger partial charge < -0.3 is 14.4 Å². The molecule has 48 valence electrons. The summed E-state index contributed by atoms with van der Waals surface area (Å²) in [6, 6.07) is 0. The normalized spacial score (nSPS) is 10.1. The van der Waals surface area contributed by atoms with E-state index in [1.54, 1.807) is 0 Å². The van der Waals surface area contributed by atoms with Crippen LogP contribution in [-0.2, 0) is 9.36 Å². The smallest absolute Gasteiger partial charge is 0.805 e. The summed E-state index contributed by atoms with van der Waals surface area (Å²) < 4.78 is 9.68. The van der Waals surface area contributed by atoms with Crippen LogP contribution in [0.4, 0.5) is 0 Å². The van der Waals surface area contributed by atoms with Crippen molar-refractivity contribution in [1.82, 2.24) is 0 Å². The van der Waals surface area contributed by atoms with Gasteiger partial charge in [0.25, 0.3) is 0 Å². The van der Waals surface area contributed by atoms with E-state index in [9.17, 15) is 19.1 Å². The molecule has 0 radical (unpaired) electrons. The second kappa shape index (κ2) is 4.83. The van der Waals surface area contributed by atoms with E-state index in [1.165, 1.54) is 6.92 Å². The third kappa shape index (κ3) is 5.52. The van der Waals surface area contributed by atoms with E-state index in [4.69, 9.17) is 0 Å². The van der Waals surface area contributed by atoms with Crippen LogP contribution in [0.1, 0.15) is 13.3 Å². The molecular weight excluding hydrogens is 171 g/mol. The van der Waals surface area contributed by atoms with Crippen LogP contribution in [0, 0.1) is 0 Å². The maximum Gasteiger partial charge on any atom is 2.00 e. The topological polar surface area (TPSA) is 80.3 Å². The molecule has 6 heteroatoms. The van der Waals surface area contributed by atoms with Crippen LogP contribution in [0.2, 0.25) is 0 Å². The van der Waals surface area contributed by atoms with Gasteiger partial charge in [-0.15, -0.1) is 0 Å². The van der Waals surface area contributed by atoms with E-state index >= 15 is 0 Å². The molecule has 0 heterocycles. The van der Waals surface area contributed by atoms with Gasteiger partial charge in [0.15, 0.2) is 5.52 Å². The zero-order chi connectivity index (χ0) is 6.78. The van der Waals surface area contributed by atoms with Gasteiger partial charge in [-0.25, -0.2) is 0 Å². The minimum atomic E-state index is -4.90. The maximum absolute atomic E-state index is 9.95. The number of hydrogen-bond donors (Lipinski definition) is 0. The van der Waals surface area contributed by atoms with Gasteiger partial charge in [0.2, 0.25) is 0 Å². The van der Waals surface area contributed by atoms with Crippen molar-refractivity contribution in [1.29, 1.82) is 0 Å². The van der Waals surface area contributed by atoms with E-state index < -0.39 is 13.1 Å². The zero-order valence-corrected chi connectivity index (χ0v) is 8.10. The monoisotopic (exact) mass is 176 g/mol. The van der Waals surface area contributed by atoms with E-state index in [-0.39, 0.29) is 44.2 Å². The summed E-state index contributed by atoms with van der Waals surface area (Å²) in [5, 5.41) is 0. The molecule has 9 heavy (non-hydrogen) atoms. The van der Waals surface area contributed by atoms with E-state index in [0.29, 0.717) is 0 Å². The molecule has 0 atom stereocenters. The Hall–Kier alpha value is 1.08. The van der Waals surface area contributed by atoms with Crippen LogP contribution < -0.4 is 9.79 Å². The Kier molecular flexibility index (Phi) is 6.83. The molecular formula is C3H5CaO4P. The molecule has 0 saturated heterocycles. The van der Waals surface area contributed by atoms with Crippen LogP contribution >= 0.6 is 7.60 Å². The second-order valence-corrected chi connectivity index (χ2v) is 2.74. The first kappa shape index (κ1) is 12.7. The average Bonchev–Trinajstić information content (AvgIpc) is 1.62. The van der Waals surface area contributed by atoms with Crippen molar-refractivity contribution in [2.75, 3.05) is 0 Å². The van der Waals surface area contributed by atoms with Crippen LogP contribution in [0.5, 0.6) is 0 Å². The van der Waals surface area contributed by atoms with Crippen molar-refractivity contribution in [2.45, 2.75) is 13.3 Å². The zero-order valence-electron chi connectivity index (χ0n) is 4.99. The van der Waals surface area contributed by atoms with Gasteiger partial charge in [0.05, 0.1) is 0 Å². The molecule has 0 aromatic heterocycles. The molecule has 4 nitrogen and oxygen atoms in total. The van der Waals surface area contributed by atoms with Crippen LogP contribution in [-0.4, -0.2) is 43.3 Å². The Balaban J connectivity index is 0. The molecule has 0 aromatic carbocycles. The van der Waals surface area contributed by atoms with Crippen molar-refractivity contribution in [2.24, 2.45) is 0 Å². The Morgan fingerprint density at radius 3 is 1.89 bits per heavy atom. The number of hydrogen-bond acceptors (Lipinski definition) is 4. The van der Waals surface area contributed by atoms with Gasteiger partial charge in [-0.3, -0.25) is 4.79 Å². The Morgan fingerprint density at radius 1 is 1.56 bits per heavy atom. The van der Waals surface area contributed by atoms with Gasteiger partial charge in [-0.2, -0.15) is 0 Å². The third-order valence-corrected chi connectivity index (χ3v) is 1.54. The molecule has 0 rings (SSSR count). The minimum absolute atomic E-state index is 0. The Bertz CT molecular complexity index is 139. The first-order valence-corrected chi connectivity index (χ1v) is 3.58. The van der Waals surface area contributed by atoms with Crippen molar-refractivity contribution in [3.63, 3.8) is 0 Å². The summed E-state index contributed by atoms with van der Waals surface area (Å²) in [4.78, 5) is 29.3. The molecule has 0 saturated carbocycles. The molecule has 0 N–H and O–H groups in total. The fourth-order valence-electron chi connectivity index (χ4n) is 0.194. The maximum atomic E-state index is 9.95.